The number of carbonyl (C=O) groups excluding carboxylic acids is 3. The zero-order valence-corrected chi connectivity index (χ0v) is 43.7. The Balaban J connectivity index is 4.41. The standard InChI is InChI=1S/C60H106O6/c1-4-7-10-13-16-19-22-25-27-29-31-32-35-38-41-44-47-50-53-59(62)65-56-57(55-64-58(61)52-49-46-43-40-37-34-24-21-18-15-12-9-6-3)66-60(63)54-51-48-45-42-39-36-33-30-28-26-23-20-17-14-11-8-5-2/h16,19,22,25,27,29,31-32,34,37,57H,4-15,17-18,20-21,23-24,26,28,30,33,35-36,38-56H2,1-3H3/b19-16-,25-22-,29-27-,32-31-,37-34-. The fourth-order valence-corrected chi connectivity index (χ4v) is 8.04. The van der Waals surface area contributed by atoms with Gasteiger partial charge in [-0.2, -0.15) is 0 Å². The molecule has 382 valence electrons. The molecule has 6 heteroatoms. The summed E-state index contributed by atoms with van der Waals surface area (Å²) in [5.74, 6) is -0.914. The van der Waals surface area contributed by atoms with Crippen LogP contribution in [-0.2, 0) is 28.6 Å². The van der Waals surface area contributed by atoms with Gasteiger partial charge in [0, 0.05) is 19.3 Å². The topological polar surface area (TPSA) is 78.9 Å². The van der Waals surface area contributed by atoms with Gasteiger partial charge in [0.2, 0.25) is 0 Å². The molecule has 6 nitrogen and oxygen atoms in total. The Morgan fingerprint density at radius 1 is 0.303 bits per heavy atom. The normalized spacial score (nSPS) is 12.5. The average Bonchev–Trinajstić information content (AvgIpc) is 3.31. The van der Waals surface area contributed by atoms with E-state index in [1.165, 1.54) is 148 Å². The van der Waals surface area contributed by atoms with Crippen LogP contribution in [-0.4, -0.2) is 37.2 Å². The summed E-state index contributed by atoms with van der Waals surface area (Å²) in [5, 5.41) is 0. The zero-order valence-electron chi connectivity index (χ0n) is 43.7. The largest absolute Gasteiger partial charge is 0.462 e. The van der Waals surface area contributed by atoms with Crippen molar-refractivity contribution in [2.24, 2.45) is 0 Å². The number of esters is 3. The third-order valence-corrected chi connectivity index (χ3v) is 12.3. The molecule has 66 heavy (non-hydrogen) atoms. The number of rotatable bonds is 51. The second-order valence-corrected chi connectivity index (χ2v) is 18.9. The molecule has 0 rings (SSSR count). The molecule has 1 atom stereocenters. The van der Waals surface area contributed by atoms with Crippen molar-refractivity contribution in [3.05, 3.63) is 60.8 Å². The van der Waals surface area contributed by atoms with E-state index < -0.39 is 6.10 Å². The van der Waals surface area contributed by atoms with E-state index in [1.54, 1.807) is 0 Å². The van der Waals surface area contributed by atoms with Gasteiger partial charge in [0.05, 0.1) is 0 Å². The molecule has 0 aromatic rings. The highest BCUT2D eigenvalue weighted by molar-refractivity contribution is 5.71. The molecule has 0 aliphatic heterocycles. The second-order valence-electron chi connectivity index (χ2n) is 18.9. The molecule has 1 unspecified atom stereocenters. The number of hydrogen-bond acceptors (Lipinski definition) is 6. The molecule has 0 aromatic carbocycles. The van der Waals surface area contributed by atoms with Gasteiger partial charge in [0.15, 0.2) is 6.10 Å². The molecule has 0 saturated heterocycles. The van der Waals surface area contributed by atoms with Crippen molar-refractivity contribution in [2.75, 3.05) is 13.2 Å². The molecule has 0 heterocycles. The highest BCUT2D eigenvalue weighted by atomic mass is 16.6. The minimum absolute atomic E-state index is 0.0877. The van der Waals surface area contributed by atoms with E-state index in [2.05, 4.69) is 81.5 Å². The van der Waals surface area contributed by atoms with Crippen LogP contribution in [0.25, 0.3) is 0 Å². The molecule has 0 amide bonds. The first-order valence-corrected chi connectivity index (χ1v) is 28.3. The summed E-state index contributed by atoms with van der Waals surface area (Å²) in [4.78, 5) is 38.1. The minimum Gasteiger partial charge on any atom is -0.462 e. The van der Waals surface area contributed by atoms with Crippen LogP contribution in [0.5, 0.6) is 0 Å². The SMILES string of the molecule is CCCCC\C=C/C=C\C=C/C=C\CCCCCCCC(=O)OCC(COC(=O)CCCCC/C=C\CCCCCCCC)OC(=O)CCCCCCCCCCCCCCCCCCC. The lowest BCUT2D eigenvalue weighted by molar-refractivity contribution is -0.167. The second kappa shape index (κ2) is 54.7. The van der Waals surface area contributed by atoms with Crippen molar-refractivity contribution in [2.45, 2.75) is 290 Å². The lowest BCUT2D eigenvalue weighted by atomic mass is 10.0. The molecular weight excluding hydrogens is 817 g/mol. The highest BCUT2D eigenvalue weighted by Gasteiger charge is 2.19. The van der Waals surface area contributed by atoms with Crippen molar-refractivity contribution in [1.29, 1.82) is 0 Å². The van der Waals surface area contributed by atoms with Crippen LogP contribution in [0.15, 0.2) is 60.8 Å². The van der Waals surface area contributed by atoms with Crippen LogP contribution in [0.1, 0.15) is 284 Å². The van der Waals surface area contributed by atoms with Crippen molar-refractivity contribution in [3.8, 4) is 0 Å². The first-order chi connectivity index (χ1) is 32.5. The van der Waals surface area contributed by atoms with Gasteiger partial charge in [-0.15, -0.1) is 0 Å². The Kier molecular flexibility index (Phi) is 52.3. The number of hydrogen-bond donors (Lipinski definition) is 0. The van der Waals surface area contributed by atoms with Gasteiger partial charge >= 0.3 is 17.9 Å². The van der Waals surface area contributed by atoms with Crippen LogP contribution >= 0.6 is 0 Å². The van der Waals surface area contributed by atoms with Crippen molar-refractivity contribution < 1.29 is 28.6 Å². The molecule has 0 N–H and O–H groups in total. The fraction of sp³-hybridized carbons (Fsp3) is 0.783. The minimum atomic E-state index is -0.788. The van der Waals surface area contributed by atoms with E-state index in [4.69, 9.17) is 14.2 Å². The molecule has 0 aliphatic rings. The van der Waals surface area contributed by atoms with Crippen LogP contribution in [0.4, 0.5) is 0 Å². The quantitative estimate of drug-likeness (QED) is 0.0199. The Morgan fingerprint density at radius 3 is 0.939 bits per heavy atom. The van der Waals surface area contributed by atoms with Crippen LogP contribution in [0, 0.1) is 0 Å². The van der Waals surface area contributed by atoms with E-state index in [-0.39, 0.29) is 31.1 Å². The first-order valence-electron chi connectivity index (χ1n) is 28.3. The summed E-state index contributed by atoms with van der Waals surface area (Å²) in [6, 6.07) is 0. The average molecular weight is 924 g/mol. The molecule has 0 radical (unpaired) electrons. The lowest BCUT2D eigenvalue weighted by Crippen LogP contribution is -2.30. The molecular formula is C60H106O6. The Hall–Kier alpha value is -2.89. The van der Waals surface area contributed by atoms with Gasteiger partial charge < -0.3 is 14.2 Å². The van der Waals surface area contributed by atoms with E-state index in [0.29, 0.717) is 19.3 Å². The molecule has 0 saturated carbocycles. The first kappa shape index (κ1) is 63.1. The lowest BCUT2D eigenvalue weighted by Gasteiger charge is -2.18. The van der Waals surface area contributed by atoms with Gasteiger partial charge in [0.1, 0.15) is 13.2 Å². The van der Waals surface area contributed by atoms with Gasteiger partial charge in [-0.25, -0.2) is 0 Å². The van der Waals surface area contributed by atoms with Crippen LogP contribution in [0.3, 0.4) is 0 Å². The summed E-state index contributed by atoms with van der Waals surface area (Å²) in [7, 11) is 0. The number of carbonyl (C=O) groups is 3. The van der Waals surface area contributed by atoms with Gasteiger partial charge in [-0.05, 0) is 70.6 Å². The summed E-state index contributed by atoms with van der Waals surface area (Å²) >= 11 is 0. The Labute approximate surface area is 409 Å². The van der Waals surface area contributed by atoms with Crippen LogP contribution < -0.4 is 0 Å². The summed E-state index contributed by atoms with van der Waals surface area (Å²) in [6.07, 6.45) is 67.7. The van der Waals surface area contributed by atoms with E-state index in [0.717, 1.165) is 96.3 Å². The highest BCUT2D eigenvalue weighted by Crippen LogP contribution is 2.16. The molecule has 0 aromatic heterocycles. The van der Waals surface area contributed by atoms with E-state index in [9.17, 15) is 14.4 Å². The predicted octanol–water partition coefficient (Wildman–Crippen LogP) is 18.8. The van der Waals surface area contributed by atoms with Gasteiger partial charge in [0.25, 0.3) is 0 Å². The Bertz CT molecular complexity index is 1200. The van der Waals surface area contributed by atoms with E-state index in [1.807, 2.05) is 0 Å². The Morgan fingerprint density at radius 2 is 0.561 bits per heavy atom. The monoisotopic (exact) mass is 923 g/mol. The van der Waals surface area contributed by atoms with Crippen molar-refractivity contribution >= 4 is 17.9 Å². The van der Waals surface area contributed by atoms with Crippen molar-refractivity contribution in [1.82, 2.24) is 0 Å². The number of unbranched alkanes of at least 4 members (excludes halogenated alkanes) is 33. The summed E-state index contributed by atoms with van der Waals surface area (Å²) in [5.41, 5.74) is 0. The molecule has 0 spiro atoms. The molecule has 0 bridgehead atoms. The molecule has 0 aliphatic carbocycles. The smallest absolute Gasteiger partial charge is 0.306 e. The van der Waals surface area contributed by atoms with Gasteiger partial charge in [-0.3, -0.25) is 14.4 Å². The van der Waals surface area contributed by atoms with Crippen LogP contribution in [0.2, 0.25) is 0 Å². The maximum Gasteiger partial charge on any atom is 0.306 e. The van der Waals surface area contributed by atoms with Gasteiger partial charge in [-0.1, -0.05) is 255 Å². The van der Waals surface area contributed by atoms with E-state index >= 15 is 0 Å². The zero-order chi connectivity index (χ0) is 47.9. The third kappa shape index (κ3) is 52.1. The fourth-order valence-electron chi connectivity index (χ4n) is 8.04. The summed E-state index contributed by atoms with van der Waals surface area (Å²) in [6.45, 7) is 6.59. The third-order valence-electron chi connectivity index (χ3n) is 12.3. The summed E-state index contributed by atoms with van der Waals surface area (Å²) < 4.78 is 16.8. The molecule has 0 fully saturated rings. The predicted molar refractivity (Wildman–Crippen MR) is 284 cm³/mol. The number of ether oxygens (including phenoxy) is 3. The maximum atomic E-state index is 12.8. The number of allylic oxidation sites excluding steroid dienone is 10. The maximum absolute atomic E-state index is 12.8. The van der Waals surface area contributed by atoms with Crippen molar-refractivity contribution in [3.63, 3.8) is 0 Å².